The van der Waals surface area contributed by atoms with E-state index in [1.54, 1.807) is 22.9 Å². The molecule has 4 rings (SSSR count). The molecular weight excluding hydrogens is 440 g/mol. The average molecular weight is 459 g/mol. The molecule has 0 spiro atoms. The van der Waals surface area contributed by atoms with Crippen LogP contribution in [0.5, 0.6) is 5.75 Å². The standard InChI is InChI=1S/C21H19ClN4O2S2/c1-28-15-6-8-16(9-7-15)29-14-19(27)26(13-12-25-11-3-10-23-25)21-24-20-17(22)4-2-5-18(20)30-21/h2-11H,12-14H2,1H3. The molecular formula is C21H19ClN4O2S2. The van der Waals surface area contributed by atoms with Crippen LogP contribution in [0.15, 0.2) is 65.8 Å². The first-order valence-electron chi connectivity index (χ1n) is 9.24. The maximum absolute atomic E-state index is 13.1. The minimum Gasteiger partial charge on any atom is -0.497 e. The number of thiazole rings is 1. The Kier molecular flexibility index (Phi) is 6.56. The number of ether oxygens (including phenoxy) is 1. The molecule has 0 saturated heterocycles. The molecule has 30 heavy (non-hydrogen) atoms. The Morgan fingerprint density at radius 3 is 2.77 bits per heavy atom. The molecule has 2 aromatic heterocycles. The van der Waals surface area contributed by atoms with Crippen LogP contribution in [0, 0.1) is 0 Å². The molecule has 0 saturated carbocycles. The third kappa shape index (κ3) is 4.77. The maximum Gasteiger partial charge on any atom is 0.239 e. The van der Waals surface area contributed by atoms with Crippen molar-refractivity contribution >= 4 is 56.0 Å². The van der Waals surface area contributed by atoms with E-state index >= 15 is 0 Å². The fraction of sp³-hybridized carbons (Fsp3) is 0.190. The average Bonchev–Trinajstić information content (AvgIpc) is 3.43. The van der Waals surface area contributed by atoms with E-state index in [1.165, 1.54) is 23.1 Å². The summed E-state index contributed by atoms with van der Waals surface area (Å²) in [5, 5.41) is 5.46. The van der Waals surface area contributed by atoms with Gasteiger partial charge < -0.3 is 4.74 Å². The SMILES string of the molecule is COc1ccc(SCC(=O)N(CCn2cccn2)c2nc3c(Cl)cccc3s2)cc1. The van der Waals surface area contributed by atoms with Gasteiger partial charge in [-0.15, -0.1) is 11.8 Å². The Balaban J connectivity index is 1.53. The van der Waals surface area contributed by atoms with Gasteiger partial charge in [0, 0.05) is 23.8 Å². The molecule has 154 valence electrons. The van der Waals surface area contributed by atoms with Crippen molar-refractivity contribution in [3.8, 4) is 5.75 Å². The van der Waals surface area contributed by atoms with E-state index in [0.717, 1.165) is 20.9 Å². The number of hydrogen-bond donors (Lipinski definition) is 0. The number of thioether (sulfide) groups is 1. The molecule has 0 aliphatic carbocycles. The van der Waals surface area contributed by atoms with Gasteiger partial charge in [-0.2, -0.15) is 5.10 Å². The van der Waals surface area contributed by atoms with Gasteiger partial charge in [0.1, 0.15) is 11.3 Å². The number of carbonyl (C=O) groups excluding carboxylic acids is 1. The second-order valence-electron chi connectivity index (χ2n) is 6.36. The number of benzene rings is 2. The summed E-state index contributed by atoms with van der Waals surface area (Å²) in [5.74, 6) is 1.07. The Labute approximate surface area is 187 Å². The molecule has 6 nitrogen and oxygen atoms in total. The number of hydrogen-bond acceptors (Lipinski definition) is 6. The summed E-state index contributed by atoms with van der Waals surface area (Å²) in [6.45, 7) is 1.05. The molecule has 0 aliphatic heterocycles. The topological polar surface area (TPSA) is 60.2 Å². The van der Waals surface area contributed by atoms with Gasteiger partial charge >= 0.3 is 0 Å². The minimum absolute atomic E-state index is 0.0156. The van der Waals surface area contributed by atoms with Crippen molar-refractivity contribution in [1.82, 2.24) is 14.8 Å². The summed E-state index contributed by atoms with van der Waals surface area (Å²) in [6, 6.07) is 15.2. The largest absolute Gasteiger partial charge is 0.497 e. The fourth-order valence-electron chi connectivity index (χ4n) is 2.88. The summed E-state index contributed by atoms with van der Waals surface area (Å²) in [5.41, 5.74) is 0.721. The minimum atomic E-state index is -0.0156. The molecule has 0 radical (unpaired) electrons. The van der Waals surface area contributed by atoms with E-state index in [4.69, 9.17) is 16.3 Å². The Morgan fingerprint density at radius 2 is 2.07 bits per heavy atom. The molecule has 1 amide bonds. The molecule has 0 unspecified atom stereocenters. The maximum atomic E-state index is 13.1. The van der Waals surface area contributed by atoms with Crippen molar-refractivity contribution in [2.24, 2.45) is 0 Å². The Morgan fingerprint density at radius 1 is 1.23 bits per heavy atom. The van der Waals surface area contributed by atoms with Gasteiger partial charge in [0.05, 0.1) is 29.1 Å². The van der Waals surface area contributed by atoms with Crippen LogP contribution in [0.25, 0.3) is 10.2 Å². The van der Waals surface area contributed by atoms with Crippen molar-refractivity contribution in [3.05, 3.63) is 65.9 Å². The monoisotopic (exact) mass is 458 g/mol. The number of rotatable bonds is 8. The lowest BCUT2D eigenvalue weighted by Gasteiger charge is -2.19. The van der Waals surface area contributed by atoms with Crippen LogP contribution >= 0.6 is 34.7 Å². The number of aromatic nitrogens is 3. The van der Waals surface area contributed by atoms with Crippen molar-refractivity contribution < 1.29 is 9.53 Å². The number of carbonyl (C=O) groups is 1. The van der Waals surface area contributed by atoms with Crippen LogP contribution in [0.4, 0.5) is 5.13 Å². The van der Waals surface area contributed by atoms with Gasteiger partial charge in [-0.3, -0.25) is 14.4 Å². The predicted molar refractivity (Wildman–Crippen MR) is 123 cm³/mol. The highest BCUT2D eigenvalue weighted by Crippen LogP contribution is 2.33. The first kappa shape index (κ1) is 20.7. The molecule has 4 aromatic rings. The third-order valence-corrected chi connectivity index (χ3v) is 6.77. The highest BCUT2D eigenvalue weighted by atomic mass is 35.5. The smallest absolute Gasteiger partial charge is 0.239 e. The summed E-state index contributed by atoms with van der Waals surface area (Å²) >= 11 is 9.24. The zero-order valence-electron chi connectivity index (χ0n) is 16.2. The van der Waals surface area contributed by atoms with Crippen molar-refractivity contribution in [3.63, 3.8) is 0 Å². The van der Waals surface area contributed by atoms with Crippen molar-refractivity contribution in [1.29, 1.82) is 0 Å². The summed E-state index contributed by atoms with van der Waals surface area (Å²) in [4.78, 5) is 20.5. The van der Waals surface area contributed by atoms with E-state index in [2.05, 4.69) is 10.1 Å². The lowest BCUT2D eigenvalue weighted by molar-refractivity contribution is -0.116. The molecule has 0 N–H and O–H groups in total. The number of amides is 1. The fourth-order valence-corrected chi connectivity index (χ4v) is 4.96. The van der Waals surface area contributed by atoms with Crippen molar-refractivity contribution in [2.45, 2.75) is 11.4 Å². The molecule has 0 bridgehead atoms. The van der Waals surface area contributed by atoms with Gasteiger partial charge in [-0.25, -0.2) is 4.98 Å². The zero-order valence-corrected chi connectivity index (χ0v) is 18.6. The van der Waals surface area contributed by atoms with Crippen LogP contribution < -0.4 is 9.64 Å². The van der Waals surface area contributed by atoms with E-state index in [-0.39, 0.29) is 5.91 Å². The van der Waals surface area contributed by atoms with Crippen LogP contribution in [-0.4, -0.2) is 40.1 Å². The molecule has 0 fully saturated rings. The normalized spacial score (nSPS) is 11.0. The van der Waals surface area contributed by atoms with Crippen molar-refractivity contribution in [2.75, 3.05) is 24.3 Å². The number of methoxy groups -OCH3 is 1. The van der Waals surface area contributed by atoms with E-state index in [9.17, 15) is 4.79 Å². The number of para-hydroxylation sites is 1. The Bertz CT molecular complexity index is 1130. The first-order valence-corrected chi connectivity index (χ1v) is 11.4. The second-order valence-corrected chi connectivity index (χ2v) is 8.83. The second kappa shape index (κ2) is 9.51. The van der Waals surface area contributed by atoms with E-state index in [1.807, 2.05) is 54.7 Å². The van der Waals surface area contributed by atoms with Gasteiger partial charge in [0.25, 0.3) is 0 Å². The predicted octanol–water partition coefficient (Wildman–Crippen LogP) is 4.98. The molecule has 0 atom stereocenters. The van der Waals surface area contributed by atoms with Gasteiger partial charge in [-0.05, 0) is 42.5 Å². The molecule has 2 aromatic carbocycles. The van der Waals surface area contributed by atoms with Gasteiger partial charge in [-0.1, -0.05) is 29.0 Å². The summed E-state index contributed by atoms with van der Waals surface area (Å²) in [6.07, 6.45) is 3.60. The number of fused-ring (bicyclic) bond motifs is 1. The van der Waals surface area contributed by atoms with Crippen LogP contribution in [0.1, 0.15) is 0 Å². The van der Waals surface area contributed by atoms with E-state index < -0.39 is 0 Å². The molecule has 9 heteroatoms. The highest BCUT2D eigenvalue weighted by molar-refractivity contribution is 8.00. The molecule has 2 heterocycles. The van der Waals surface area contributed by atoms with E-state index in [0.29, 0.717) is 29.0 Å². The lowest BCUT2D eigenvalue weighted by Crippen LogP contribution is -2.35. The zero-order chi connectivity index (χ0) is 20.9. The van der Waals surface area contributed by atoms with Gasteiger partial charge in [0.15, 0.2) is 5.13 Å². The third-order valence-electron chi connectivity index (χ3n) is 4.42. The quantitative estimate of drug-likeness (QED) is 0.348. The molecule has 0 aliphatic rings. The van der Waals surface area contributed by atoms with Crippen LogP contribution in [0.2, 0.25) is 5.02 Å². The number of halogens is 1. The number of nitrogens with zero attached hydrogens (tertiary/aromatic N) is 4. The highest BCUT2D eigenvalue weighted by Gasteiger charge is 2.21. The Hall–Kier alpha value is -2.55. The van der Waals surface area contributed by atoms with Crippen LogP contribution in [-0.2, 0) is 11.3 Å². The number of anilines is 1. The van der Waals surface area contributed by atoms with Gasteiger partial charge in [0.2, 0.25) is 5.91 Å². The first-order chi connectivity index (χ1) is 14.6. The summed E-state index contributed by atoms with van der Waals surface area (Å²) < 4.78 is 7.94. The lowest BCUT2D eigenvalue weighted by atomic mass is 10.3. The van der Waals surface area contributed by atoms with Crippen LogP contribution in [0.3, 0.4) is 0 Å². The summed E-state index contributed by atoms with van der Waals surface area (Å²) in [7, 11) is 1.63.